The lowest BCUT2D eigenvalue weighted by atomic mass is 9.72. The fourth-order valence-corrected chi connectivity index (χ4v) is 8.40. The molecule has 11 heteroatoms. The molecule has 0 saturated carbocycles. The maximum atomic E-state index is 13.7. The Hall–Kier alpha value is -4.87. The van der Waals surface area contributed by atoms with Gasteiger partial charge in [0.05, 0.1) is 25.0 Å². The van der Waals surface area contributed by atoms with Crippen LogP contribution in [-0.4, -0.2) is 43.2 Å². The summed E-state index contributed by atoms with van der Waals surface area (Å²) in [7, 11) is 2.94. The molecule has 5 rings (SSSR count). The first-order valence-corrected chi connectivity index (χ1v) is 18.9. The van der Waals surface area contributed by atoms with E-state index in [1.165, 1.54) is 30.2 Å². The number of thioether (sulfide) groups is 1. The summed E-state index contributed by atoms with van der Waals surface area (Å²) < 4.78 is 10.4. The van der Waals surface area contributed by atoms with Gasteiger partial charge in [0.25, 0.3) is 11.8 Å². The fraction of sp³-hybridized carbons (Fsp3) is 0.317. The highest BCUT2D eigenvalue weighted by Gasteiger charge is 2.35. The van der Waals surface area contributed by atoms with Crippen molar-refractivity contribution in [2.75, 3.05) is 24.9 Å². The third kappa shape index (κ3) is 9.51. The molecule has 0 saturated heterocycles. The average molecular weight is 740 g/mol. The summed E-state index contributed by atoms with van der Waals surface area (Å²) in [5.74, 6) is -0.450. The third-order valence-electron chi connectivity index (χ3n) is 9.11. The molecule has 0 aliphatic heterocycles. The first-order chi connectivity index (χ1) is 24.9. The minimum atomic E-state index is -0.516. The SMILES string of the molecule is CCC(Sc1cccc(NC(=O)/C(=C\c2ccc(OC)cc2)NC(=O)c2ccccc2)c1)C(=O)Nc1sc2c(c1C(=O)OC)CCC(C(C)(C)C)C2. The zero-order valence-electron chi connectivity index (χ0n) is 30.3. The molecule has 3 amide bonds. The lowest BCUT2D eigenvalue weighted by Crippen LogP contribution is -2.30. The predicted octanol–water partition coefficient (Wildman–Crippen LogP) is 8.61. The zero-order valence-corrected chi connectivity index (χ0v) is 32.0. The number of methoxy groups -OCH3 is 2. The Morgan fingerprint density at radius 2 is 1.69 bits per heavy atom. The molecule has 3 N–H and O–H groups in total. The molecule has 2 atom stereocenters. The molecular weight excluding hydrogens is 695 g/mol. The number of fused-ring (bicyclic) bond motifs is 1. The number of benzene rings is 3. The standard InChI is InChI=1S/C41H45N3O6S2/c1-7-33(38(47)44-39-35(40(48)50-6)31-21-18-27(41(2,3)4)23-34(31)52-39)51-30-15-11-14-28(24-30)42-37(46)32(22-25-16-19-29(49-5)20-17-25)43-36(45)26-12-9-8-10-13-26/h8-17,19-20,22,24,27,33H,7,18,21,23H2,1-6H3,(H,42,46)(H,43,45)(H,44,47)/b32-22+. The molecule has 1 aromatic heterocycles. The van der Waals surface area contributed by atoms with Gasteiger partial charge in [-0.1, -0.05) is 64.1 Å². The van der Waals surface area contributed by atoms with Crippen molar-refractivity contribution >= 4 is 63.6 Å². The molecule has 3 aromatic carbocycles. The summed E-state index contributed by atoms with van der Waals surface area (Å²) in [5.41, 5.74) is 3.23. The van der Waals surface area contributed by atoms with Gasteiger partial charge in [-0.2, -0.15) is 0 Å². The molecule has 0 fully saturated rings. The molecule has 0 radical (unpaired) electrons. The first-order valence-electron chi connectivity index (χ1n) is 17.2. The van der Waals surface area contributed by atoms with Gasteiger partial charge < -0.3 is 25.4 Å². The van der Waals surface area contributed by atoms with E-state index in [1.807, 2.05) is 19.1 Å². The number of esters is 1. The maximum absolute atomic E-state index is 13.7. The van der Waals surface area contributed by atoms with Crippen LogP contribution >= 0.6 is 23.1 Å². The number of thiophene rings is 1. The Morgan fingerprint density at radius 3 is 2.35 bits per heavy atom. The summed E-state index contributed by atoms with van der Waals surface area (Å²) in [6, 6.07) is 23.0. The van der Waals surface area contributed by atoms with Crippen LogP contribution in [0.25, 0.3) is 6.08 Å². The van der Waals surface area contributed by atoms with Crippen LogP contribution in [0.1, 0.15) is 77.3 Å². The number of carbonyl (C=O) groups is 4. The van der Waals surface area contributed by atoms with Crippen LogP contribution in [-0.2, 0) is 27.2 Å². The van der Waals surface area contributed by atoms with Gasteiger partial charge in [-0.15, -0.1) is 23.1 Å². The Bertz CT molecular complexity index is 1950. The van der Waals surface area contributed by atoms with E-state index in [9.17, 15) is 19.2 Å². The highest BCUT2D eigenvalue weighted by atomic mass is 32.2. The third-order valence-corrected chi connectivity index (χ3v) is 11.6. The number of amides is 3. The highest BCUT2D eigenvalue weighted by Crippen LogP contribution is 2.45. The molecule has 0 spiro atoms. The number of anilines is 2. The van der Waals surface area contributed by atoms with E-state index in [0.717, 1.165) is 34.6 Å². The lowest BCUT2D eigenvalue weighted by Gasteiger charge is -2.33. The van der Waals surface area contributed by atoms with Crippen LogP contribution in [0.2, 0.25) is 0 Å². The Balaban J connectivity index is 1.32. The summed E-state index contributed by atoms with van der Waals surface area (Å²) in [6.45, 7) is 8.66. The highest BCUT2D eigenvalue weighted by molar-refractivity contribution is 8.00. The van der Waals surface area contributed by atoms with Crippen molar-refractivity contribution in [1.29, 1.82) is 0 Å². The predicted molar refractivity (Wildman–Crippen MR) is 209 cm³/mol. The van der Waals surface area contributed by atoms with E-state index < -0.39 is 23.0 Å². The molecule has 1 heterocycles. The minimum absolute atomic E-state index is 0.0526. The zero-order chi connectivity index (χ0) is 37.4. The van der Waals surface area contributed by atoms with Gasteiger partial charge in [0.15, 0.2) is 0 Å². The Morgan fingerprint density at radius 1 is 0.962 bits per heavy atom. The van der Waals surface area contributed by atoms with E-state index in [4.69, 9.17) is 9.47 Å². The van der Waals surface area contributed by atoms with Gasteiger partial charge in [-0.3, -0.25) is 14.4 Å². The molecule has 4 aromatic rings. The van der Waals surface area contributed by atoms with E-state index in [1.54, 1.807) is 79.9 Å². The number of hydrogen-bond acceptors (Lipinski definition) is 8. The molecule has 9 nitrogen and oxygen atoms in total. The number of ether oxygens (including phenoxy) is 2. The molecule has 52 heavy (non-hydrogen) atoms. The van der Waals surface area contributed by atoms with Crippen molar-refractivity contribution in [3.05, 3.63) is 112 Å². The van der Waals surface area contributed by atoms with Crippen LogP contribution in [0.5, 0.6) is 5.75 Å². The molecule has 2 unspecified atom stereocenters. The molecule has 0 bridgehead atoms. The number of nitrogens with one attached hydrogen (secondary N) is 3. The van der Waals surface area contributed by atoms with Crippen LogP contribution in [0.3, 0.4) is 0 Å². The van der Waals surface area contributed by atoms with Crippen LogP contribution < -0.4 is 20.7 Å². The summed E-state index contributed by atoms with van der Waals surface area (Å²) >= 11 is 2.84. The molecule has 1 aliphatic rings. The molecule has 1 aliphatic carbocycles. The monoisotopic (exact) mass is 739 g/mol. The van der Waals surface area contributed by atoms with Crippen molar-refractivity contribution in [3.8, 4) is 5.75 Å². The van der Waals surface area contributed by atoms with Crippen molar-refractivity contribution < 1.29 is 28.7 Å². The van der Waals surface area contributed by atoms with Gasteiger partial charge in [0, 0.05) is 21.0 Å². The van der Waals surface area contributed by atoms with E-state index in [2.05, 4.69) is 36.7 Å². The number of hydrogen-bond donors (Lipinski definition) is 3. The largest absolute Gasteiger partial charge is 0.497 e. The van der Waals surface area contributed by atoms with Crippen molar-refractivity contribution in [3.63, 3.8) is 0 Å². The topological polar surface area (TPSA) is 123 Å². The van der Waals surface area contributed by atoms with Crippen molar-refractivity contribution in [2.24, 2.45) is 11.3 Å². The quantitative estimate of drug-likeness (QED) is 0.0756. The number of carbonyl (C=O) groups excluding carboxylic acids is 4. The van der Waals surface area contributed by atoms with Gasteiger partial charge in [-0.25, -0.2) is 4.79 Å². The summed E-state index contributed by atoms with van der Waals surface area (Å²) in [6.07, 6.45) is 4.73. The van der Waals surface area contributed by atoms with Gasteiger partial charge in [0.2, 0.25) is 5.91 Å². The minimum Gasteiger partial charge on any atom is -0.497 e. The Kier molecular flexibility index (Phi) is 12.6. The lowest BCUT2D eigenvalue weighted by molar-refractivity contribution is -0.116. The fourth-order valence-electron chi connectivity index (χ4n) is 6.06. The maximum Gasteiger partial charge on any atom is 0.341 e. The van der Waals surface area contributed by atoms with Crippen molar-refractivity contribution in [2.45, 2.75) is 63.5 Å². The molecular formula is C41H45N3O6S2. The normalized spacial score (nSPS) is 14.8. The second-order valence-electron chi connectivity index (χ2n) is 13.6. The van der Waals surface area contributed by atoms with E-state index in [0.29, 0.717) is 45.5 Å². The van der Waals surface area contributed by atoms with Crippen LogP contribution in [0.4, 0.5) is 10.7 Å². The Labute approximate surface area is 313 Å². The van der Waals surface area contributed by atoms with Crippen LogP contribution in [0, 0.1) is 11.3 Å². The summed E-state index contributed by atoms with van der Waals surface area (Å²) in [5, 5.41) is 8.78. The molecule has 272 valence electrons. The van der Waals surface area contributed by atoms with Gasteiger partial charge in [0.1, 0.15) is 16.4 Å². The van der Waals surface area contributed by atoms with E-state index in [-0.39, 0.29) is 17.0 Å². The smallest absolute Gasteiger partial charge is 0.341 e. The van der Waals surface area contributed by atoms with Gasteiger partial charge >= 0.3 is 5.97 Å². The van der Waals surface area contributed by atoms with E-state index >= 15 is 0 Å². The van der Waals surface area contributed by atoms with Crippen LogP contribution in [0.15, 0.2) is 89.5 Å². The first kappa shape index (κ1) is 38.4. The summed E-state index contributed by atoms with van der Waals surface area (Å²) in [4.78, 5) is 55.3. The second kappa shape index (κ2) is 17.1. The number of rotatable bonds is 12. The van der Waals surface area contributed by atoms with Crippen molar-refractivity contribution in [1.82, 2.24) is 5.32 Å². The average Bonchev–Trinajstić information content (AvgIpc) is 3.50. The van der Waals surface area contributed by atoms with Gasteiger partial charge in [-0.05, 0) is 96.7 Å². The second-order valence-corrected chi connectivity index (χ2v) is 16.0.